The molecule has 0 saturated carbocycles. The van der Waals surface area contributed by atoms with E-state index in [2.05, 4.69) is 23.3 Å². The molecule has 2 aromatic carbocycles. The molecule has 3 aliphatic heterocycles. The van der Waals surface area contributed by atoms with Gasteiger partial charge in [-0.1, -0.05) is 18.2 Å². The first-order chi connectivity index (χ1) is 12.8. The fraction of sp³-hybridized carbons (Fsp3) is 0.250. The Morgan fingerprint density at radius 2 is 1.58 bits per heavy atom. The van der Waals surface area contributed by atoms with Crippen molar-refractivity contribution in [2.45, 2.75) is 12.5 Å². The number of hydrogen-bond donors (Lipinski definition) is 0. The van der Waals surface area contributed by atoms with E-state index in [0.29, 0.717) is 6.79 Å². The molecule has 0 fully saturated rings. The summed E-state index contributed by atoms with van der Waals surface area (Å²) >= 11 is 0. The molecule has 1 unspecified atom stereocenters. The minimum atomic E-state index is 0.195. The predicted octanol–water partition coefficient (Wildman–Crippen LogP) is 3.59. The third-order valence-electron chi connectivity index (χ3n) is 4.79. The van der Waals surface area contributed by atoms with Crippen LogP contribution in [0.5, 0.6) is 23.0 Å². The lowest BCUT2D eigenvalue weighted by atomic mass is 10.0. The molecule has 5 rings (SSSR count). The molecule has 0 N–H and O–H groups in total. The van der Waals surface area contributed by atoms with Crippen LogP contribution in [0.4, 0.5) is 0 Å². The van der Waals surface area contributed by atoms with E-state index in [9.17, 15) is 0 Å². The molecular weight excluding hydrogens is 332 g/mol. The highest BCUT2D eigenvalue weighted by Crippen LogP contribution is 2.38. The molecule has 0 spiro atoms. The van der Waals surface area contributed by atoms with Crippen molar-refractivity contribution < 1.29 is 18.9 Å². The Bertz CT molecular complexity index is 922. The van der Waals surface area contributed by atoms with E-state index < -0.39 is 0 Å². The highest BCUT2D eigenvalue weighted by Gasteiger charge is 2.26. The van der Waals surface area contributed by atoms with Gasteiger partial charge >= 0.3 is 0 Å². The molecule has 26 heavy (non-hydrogen) atoms. The molecule has 0 saturated heterocycles. The molecule has 3 heterocycles. The number of hydrogen-bond acceptors (Lipinski definition) is 6. The lowest BCUT2D eigenvalue weighted by molar-refractivity contribution is 0.173. The predicted molar refractivity (Wildman–Crippen MR) is 96.7 cm³/mol. The lowest BCUT2D eigenvalue weighted by Crippen LogP contribution is -2.13. The maximum absolute atomic E-state index is 5.49. The van der Waals surface area contributed by atoms with Crippen LogP contribution in [0.15, 0.2) is 47.6 Å². The summed E-state index contributed by atoms with van der Waals surface area (Å²) in [6.07, 6.45) is 4.95. The number of allylic oxidation sites excluding steroid dienone is 1. The molecule has 0 radical (unpaired) electrons. The number of nitrogens with zero attached hydrogens (tertiary/aromatic N) is 2. The monoisotopic (exact) mass is 350 g/mol. The van der Waals surface area contributed by atoms with Gasteiger partial charge in [-0.15, -0.1) is 0 Å². The average Bonchev–Trinajstić information content (AvgIpc) is 3.38. The normalized spacial score (nSPS) is 20.1. The largest absolute Gasteiger partial charge is 0.454 e. The van der Waals surface area contributed by atoms with Gasteiger partial charge in [-0.25, -0.2) is 0 Å². The SMILES string of the molecule is CN1N=C(/C=C/c2ccc3c(c2)OCO3)CC1c1ccc2c(c1)OCO2. The van der Waals surface area contributed by atoms with Crippen molar-refractivity contribution in [1.82, 2.24) is 5.01 Å². The van der Waals surface area contributed by atoms with E-state index in [1.54, 1.807) is 0 Å². The molecule has 6 nitrogen and oxygen atoms in total. The molecule has 132 valence electrons. The Morgan fingerprint density at radius 3 is 2.38 bits per heavy atom. The van der Waals surface area contributed by atoms with Gasteiger partial charge in [-0.3, -0.25) is 5.01 Å². The molecule has 6 heteroatoms. The Labute approximate surface area is 151 Å². The first-order valence-electron chi connectivity index (χ1n) is 8.54. The third kappa shape index (κ3) is 2.63. The zero-order valence-electron chi connectivity index (χ0n) is 14.3. The standard InChI is InChI=1S/C20H18N2O4/c1-22-16(14-4-7-18-20(9-14)26-12-24-18)10-15(21-22)5-2-13-3-6-17-19(8-13)25-11-23-17/h2-9,16H,10-12H2,1H3/b5-2+. The van der Waals surface area contributed by atoms with Gasteiger partial charge in [-0.05, 0) is 41.5 Å². The van der Waals surface area contributed by atoms with Gasteiger partial charge in [0.05, 0.1) is 11.8 Å². The summed E-state index contributed by atoms with van der Waals surface area (Å²) in [5.41, 5.74) is 3.27. The number of rotatable bonds is 3. The van der Waals surface area contributed by atoms with E-state index in [4.69, 9.17) is 18.9 Å². The molecule has 1 atom stereocenters. The van der Waals surface area contributed by atoms with Crippen molar-refractivity contribution in [3.63, 3.8) is 0 Å². The summed E-state index contributed by atoms with van der Waals surface area (Å²) in [5, 5.41) is 6.66. The Balaban J connectivity index is 1.31. The Morgan fingerprint density at radius 1 is 0.885 bits per heavy atom. The van der Waals surface area contributed by atoms with Crippen LogP contribution in [-0.4, -0.2) is 31.4 Å². The van der Waals surface area contributed by atoms with E-state index in [1.165, 1.54) is 5.56 Å². The number of hydrazone groups is 1. The highest BCUT2D eigenvalue weighted by molar-refractivity contribution is 5.99. The molecule has 0 aliphatic carbocycles. The average molecular weight is 350 g/mol. The van der Waals surface area contributed by atoms with Gasteiger partial charge in [0.25, 0.3) is 0 Å². The van der Waals surface area contributed by atoms with Crippen LogP contribution < -0.4 is 18.9 Å². The van der Waals surface area contributed by atoms with Crippen LogP contribution in [0.1, 0.15) is 23.6 Å². The second-order valence-corrected chi connectivity index (χ2v) is 6.44. The van der Waals surface area contributed by atoms with E-state index in [-0.39, 0.29) is 12.8 Å². The summed E-state index contributed by atoms with van der Waals surface area (Å²) in [4.78, 5) is 0. The minimum Gasteiger partial charge on any atom is -0.454 e. The minimum absolute atomic E-state index is 0.195. The zero-order chi connectivity index (χ0) is 17.5. The lowest BCUT2D eigenvalue weighted by Gasteiger charge is -2.19. The summed E-state index contributed by atoms with van der Waals surface area (Å²) in [5.74, 6) is 3.19. The van der Waals surface area contributed by atoms with Gasteiger partial charge in [0, 0.05) is 13.5 Å². The molecular formula is C20H18N2O4. The highest BCUT2D eigenvalue weighted by atomic mass is 16.7. The number of ether oxygens (including phenoxy) is 4. The van der Waals surface area contributed by atoms with Gasteiger partial charge in [0.1, 0.15) is 0 Å². The number of benzene rings is 2. The van der Waals surface area contributed by atoms with Crippen LogP contribution in [0, 0.1) is 0 Å². The smallest absolute Gasteiger partial charge is 0.231 e. The summed E-state index contributed by atoms with van der Waals surface area (Å²) in [6, 6.07) is 12.2. The van der Waals surface area contributed by atoms with Crippen molar-refractivity contribution in [2.24, 2.45) is 5.10 Å². The van der Waals surface area contributed by atoms with Crippen molar-refractivity contribution in [3.05, 3.63) is 53.6 Å². The first kappa shape index (κ1) is 15.1. The van der Waals surface area contributed by atoms with Crippen molar-refractivity contribution in [1.29, 1.82) is 0 Å². The molecule has 2 aromatic rings. The number of fused-ring (bicyclic) bond motifs is 2. The summed E-state index contributed by atoms with van der Waals surface area (Å²) < 4.78 is 21.6. The molecule has 0 amide bonds. The van der Waals surface area contributed by atoms with Crippen LogP contribution in [0.25, 0.3) is 6.08 Å². The van der Waals surface area contributed by atoms with Crippen LogP contribution >= 0.6 is 0 Å². The van der Waals surface area contributed by atoms with Crippen molar-refractivity contribution in [3.8, 4) is 23.0 Å². The maximum Gasteiger partial charge on any atom is 0.231 e. The van der Waals surface area contributed by atoms with Crippen molar-refractivity contribution >= 4 is 11.8 Å². The van der Waals surface area contributed by atoms with Gasteiger partial charge < -0.3 is 18.9 Å². The third-order valence-corrected chi connectivity index (χ3v) is 4.79. The summed E-state index contributed by atoms with van der Waals surface area (Å²) in [7, 11) is 2.00. The van der Waals surface area contributed by atoms with Gasteiger partial charge in [0.2, 0.25) is 13.6 Å². The fourth-order valence-electron chi connectivity index (χ4n) is 3.41. The molecule has 0 aromatic heterocycles. The second-order valence-electron chi connectivity index (χ2n) is 6.44. The quantitative estimate of drug-likeness (QED) is 0.847. The zero-order valence-corrected chi connectivity index (χ0v) is 14.3. The van der Waals surface area contributed by atoms with Gasteiger partial charge in [0.15, 0.2) is 23.0 Å². The van der Waals surface area contributed by atoms with Crippen molar-refractivity contribution in [2.75, 3.05) is 20.6 Å². The fourth-order valence-corrected chi connectivity index (χ4v) is 3.41. The molecule has 0 bridgehead atoms. The van der Waals surface area contributed by atoms with Crippen LogP contribution in [0.2, 0.25) is 0 Å². The van der Waals surface area contributed by atoms with E-state index in [1.807, 2.05) is 42.4 Å². The Hall–Kier alpha value is -3.15. The van der Waals surface area contributed by atoms with E-state index >= 15 is 0 Å². The van der Waals surface area contributed by atoms with Crippen LogP contribution in [-0.2, 0) is 0 Å². The second kappa shape index (κ2) is 5.98. The summed E-state index contributed by atoms with van der Waals surface area (Å²) in [6.45, 7) is 0.580. The first-order valence-corrected chi connectivity index (χ1v) is 8.54. The molecule has 3 aliphatic rings. The Kier molecular flexibility index (Phi) is 3.48. The van der Waals surface area contributed by atoms with Gasteiger partial charge in [-0.2, -0.15) is 5.10 Å². The maximum atomic E-state index is 5.49. The van der Waals surface area contributed by atoms with Crippen LogP contribution in [0.3, 0.4) is 0 Å². The van der Waals surface area contributed by atoms with E-state index in [0.717, 1.165) is 40.7 Å². The topological polar surface area (TPSA) is 52.5 Å².